The minimum absolute atomic E-state index is 0.194. The van der Waals surface area contributed by atoms with Gasteiger partial charge in [0.15, 0.2) is 0 Å². The minimum Gasteiger partial charge on any atom is -0.344 e. The van der Waals surface area contributed by atoms with Gasteiger partial charge in [-0.1, -0.05) is 86.3 Å². The molecule has 3 fully saturated rings. The molecule has 5 rings (SSSR count). The van der Waals surface area contributed by atoms with E-state index in [2.05, 4.69) is 60.8 Å². The van der Waals surface area contributed by atoms with Crippen LogP contribution in [0.1, 0.15) is 75.5 Å². The summed E-state index contributed by atoms with van der Waals surface area (Å²) in [6.45, 7) is 3.11. The molecule has 6 atom stereocenters. The summed E-state index contributed by atoms with van der Waals surface area (Å²) in [4.78, 5) is 10.3. The van der Waals surface area contributed by atoms with Gasteiger partial charge in [0.2, 0.25) is 7.37 Å². The van der Waals surface area contributed by atoms with Gasteiger partial charge in [-0.15, -0.1) is 0 Å². The topological polar surface area (TPSA) is 49.3 Å². The highest BCUT2D eigenvalue weighted by atomic mass is 31.2. The average molecular weight is 440 g/mol. The Hall–Kier alpha value is -1.41. The molecule has 0 aromatic heterocycles. The number of benzene rings is 2. The summed E-state index contributed by atoms with van der Waals surface area (Å²) in [6, 6.07) is 21.4. The van der Waals surface area contributed by atoms with E-state index in [1.165, 1.54) is 49.7 Å². The predicted molar refractivity (Wildman–Crippen MR) is 129 cm³/mol. The first-order valence-corrected chi connectivity index (χ1v) is 14.0. The lowest BCUT2D eigenvalue weighted by Crippen LogP contribution is -2.26. The summed E-state index contributed by atoms with van der Waals surface area (Å²) in [7, 11) is -2.81. The van der Waals surface area contributed by atoms with Gasteiger partial charge in [-0.25, -0.2) is 0 Å². The molecule has 2 aromatic carbocycles. The molecule has 3 aliphatic rings. The smallest absolute Gasteiger partial charge is 0.207 e. The second kappa shape index (κ2) is 10.5. The van der Waals surface area contributed by atoms with Gasteiger partial charge in [0.1, 0.15) is 0 Å². The van der Waals surface area contributed by atoms with Crippen LogP contribution in [0.25, 0.3) is 0 Å². The van der Waals surface area contributed by atoms with Crippen LogP contribution >= 0.6 is 7.37 Å². The molecule has 0 radical (unpaired) electrons. The van der Waals surface area contributed by atoms with E-state index in [-0.39, 0.29) is 11.3 Å². The van der Waals surface area contributed by atoms with E-state index < -0.39 is 7.37 Å². The Kier molecular flexibility index (Phi) is 7.69. The second-order valence-corrected chi connectivity index (χ2v) is 12.4. The second-order valence-electron chi connectivity index (χ2n) is 9.70. The molecule has 1 saturated heterocycles. The van der Waals surface area contributed by atoms with Crippen LogP contribution < -0.4 is 5.32 Å². The molecule has 1 unspecified atom stereocenters. The van der Waals surface area contributed by atoms with Gasteiger partial charge in [0.25, 0.3) is 0 Å². The molecule has 3 nitrogen and oxygen atoms in total. The quantitative estimate of drug-likeness (QED) is 0.508. The molecule has 0 amide bonds. The lowest BCUT2D eigenvalue weighted by atomic mass is 9.73. The Bertz CT molecular complexity index is 830. The molecule has 1 heterocycles. The molecule has 2 N–H and O–H groups in total. The van der Waals surface area contributed by atoms with Crippen LogP contribution in [0.3, 0.4) is 0 Å². The van der Waals surface area contributed by atoms with Gasteiger partial charge in [-0.2, -0.15) is 0 Å². The van der Waals surface area contributed by atoms with Crippen molar-refractivity contribution in [1.82, 2.24) is 5.32 Å². The fraction of sp³-hybridized carbons (Fsp3) is 0.556. The van der Waals surface area contributed by atoms with Crippen molar-refractivity contribution in [3.8, 4) is 0 Å². The van der Waals surface area contributed by atoms with Gasteiger partial charge < -0.3 is 10.2 Å². The normalized spacial score (nSPS) is 32.8. The summed E-state index contributed by atoms with van der Waals surface area (Å²) in [5, 5.41) is 3.52. The molecule has 31 heavy (non-hydrogen) atoms. The standard InChI is InChI=1S/C15H17N.C12H21O2P/c1-13(15-10-6-3-7-11-15)16-12-14-8-4-2-5-9-14;13-15(14)11-7-3-1-5-9(11)10-6-2-4-8-12(10)15/h2-11,13,16H,12H2,1H3;9-12H,1-8H2,(H,13,14)/t13-;9-,10+,11-,12-/m11/s1. The number of rotatable bonds is 4. The number of fused-ring (bicyclic) bond motifs is 3. The van der Waals surface area contributed by atoms with Gasteiger partial charge in [0.05, 0.1) is 0 Å². The van der Waals surface area contributed by atoms with Crippen LogP contribution in [0.15, 0.2) is 60.7 Å². The van der Waals surface area contributed by atoms with Gasteiger partial charge in [-0.3, -0.25) is 4.57 Å². The highest BCUT2D eigenvalue weighted by Gasteiger charge is 2.57. The number of hydrogen-bond donors (Lipinski definition) is 2. The first-order chi connectivity index (χ1) is 15.1. The monoisotopic (exact) mass is 439 g/mol. The highest BCUT2D eigenvalue weighted by Crippen LogP contribution is 2.70. The van der Waals surface area contributed by atoms with Crippen molar-refractivity contribution in [3.05, 3.63) is 71.8 Å². The maximum Gasteiger partial charge on any atom is 0.207 e. The summed E-state index contributed by atoms with van der Waals surface area (Å²) in [6.07, 6.45) is 9.49. The molecule has 2 aromatic rings. The van der Waals surface area contributed by atoms with Crippen molar-refractivity contribution in [2.75, 3.05) is 0 Å². The van der Waals surface area contributed by atoms with Crippen molar-refractivity contribution < 1.29 is 9.46 Å². The van der Waals surface area contributed by atoms with Crippen molar-refractivity contribution in [1.29, 1.82) is 0 Å². The lowest BCUT2D eigenvalue weighted by molar-refractivity contribution is 0.231. The summed E-state index contributed by atoms with van der Waals surface area (Å²) < 4.78 is 12.5. The highest BCUT2D eigenvalue weighted by molar-refractivity contribution is 7.60. The molecular weight excluding hydrogens is 401 g/mol. The van der Waals surface area contributed by atoms with E-state index in [0.717, 1.165) is 19.4 Å². The van der Waals surface area contributed by atoms with Crippen molar-refractivity contribution in [3.63, 3.8) is 0 Å². The molecule has 0 bridgehead atoms. The van der Waals surface area contributed by atoms with E-state index in [4.69, 9.17) is 0 Å². The summed E-state index contributed by atoms with van der Waals surface area (Å²) in [5.74, 6) is 1.22. The van der Waals surface area contributed by atoms with E-state index in [1.54, 1.807) is 0 Å². The van der Waals surface area contributed by atoms with E-state index in [9.17, 15) is 9.46 Å². The van der Waals surface area contributed by atoms with Crippen LogP contribution in [-0.2, 0) is 11.1 Å². The van der Waals surface area contributed by atoms with Crippen LogP contribution in [-0.4, -0.2) is 16.2 Å². The predicted octanol–water partition coefficient (Wildman–Crippen LogP) is 6.93. The zero-order valence-corrected chi connectivity index (χ0v) is 19.7. The van der Waals surface area contributed by atoms with Crippen molar-refractivity contribution in [2.24, 2.45) is 11.8 Å². The first kappa shape index (κ1) is 22.8. The molecule has 4 heteroatoms. The van der Waals surface area contributed by atoms with Crippen LogP contribution in [0, 0.1) is 11.8 Å². The molecular formula is C27H38NO2P. The number of hydrogen-bond acceptors (Lipinski definition) is 2. The van der Waals surface area contributed by atoms with Gasteiger partial charge in [-0.05, 0) is 55.6 Å². The molecule has 1 aliphatic heterocycles. The number of nitrogens with one attached hydrogen (secondary N) is 1. The maximum absolute atomic E-state index is 12.5. The van der Waals surface area contributed by atoms with Crippen LogP contribution in [0.2, 0.25) is 0 Å². The Morgan fingerprint density at radius 3 is 1.87 bits per heavy atom. The van der Waals surface area contributed by atoms with Crippen LogP contribution in [0.4, 0.5) is 0 Å². The Morgan fingerprint density at radius 1 is 0.839 bits per heavy atom. The van der Waals surface area contributed by atoms with Gasteiger partial charge in [0, 0.05) is 23.9 Å². The molecule has 2 saturated carbocycles. The summed E-state index contributed by atoms with van der Waals surface area (Å²) >= 11 is 0. The first-order valence-electron chi connectivity index (χ1n) is 12.2. The Morgan fingerprint density at radius 2 is 1.32 bits per heavy atom. The third kappa shape index (κ3) is 5.33. The van der Waals surface area contributed by atoms with Crippen molar-refractivity contribution in [2.45, 2.75) is 82.2 Å². The summed E-state index contributed by atoms with van der Waals surface area (Å²) in [5.41, 5.74) is 3.04. The minimum atomic E-state index is -2.81. The fourth-order valence-corrected chi connectivity index (χ4v) is 9.60. The SMILES string of the molecule is C[C@@H](NCc1ccccc1)c1ccccc1.O=P1(O)[C@@H]2CCCC[C@@H]2[C@@H]2CCCC[C@H]21. The fourth-order valence-electron chi connectivity index (χ4n) is 6.17. The average Bonchev–Trinajstić information content (AvgIpc) is 3.07. The molecule has 168 valence electrons. The van der Waals surface area contributed by atoms with E-state index >= 15 is 0 Å². The zero-order valence-electron chi connectivity index (χ0n) is 18.8. The maximum atomic E-state index is 12.5. The largest absolute Gasteiger partial charge is 0.344 e. The molecule has 2 aliphatic carbocycles. The van der Waals surface area contributed by atoms with Gasteiger partial charge >= 0.3 is 0 Å². The zero-order chi connectivity index (χ0) is 21.7. The third-order valence-electron chi connectivity index (χ3n) is 7.82. The van der Waals surface area contributed by atoms with E-state index in [0.29, 0.717) is 17.9 Å². The lowest BCUT2D eigenvalue weighted by Gasteiger charge is -2.30. The van der Waals surface area contributed by atoms with Crippen molar-refractivity contribution >= 4 is 7.37 Å². The third-order valence-corrected chi connectivity index (χ3v) is 11.0. The molecule has 0 spiro atoms. The van der Waals surface area contributed by atoms with E-state index in [1.807, 2.05) is 12.1 Å². The Balaban J connectivity index is 0.000000149. The van der Waals surface area contributed by atoms with Crippen LogP contribution in [0.5, 0.6) is 0 Å². The Labute approximate surface area is 188 Å².